The van der Waals surface area contributed by atoms with Crippen molar-refractivity contribution >= 4 is 12.4 Å². The van der Waals surface area contributed by atoms with Gasteiger partial charge in [-0.3, -0.25) is 0 Å². The molecule has 0 saturated heterocycles. The van der Waals surface area contributed by atoms with Crippen molar-refractivity contribution in [3.63, 3.8) is 0 Å². The van der Waals surface area contributed by atoms with Gasteiger partial charge in [0.1, 0.15) is 5.82 Å². The first kappa shape index (κ1) is 15.0. The summed E-state index contributed by atoms with van der Waals surface area (Å²) in [6.45, 7) is 0. The van der Waals surface area contributed by atoms with Crippen LogP contribution in [0.5, 0.6) is 0 Å². The summed E-state index contributed by atoms with van der Waals surface area (Å²) >= 11 is 0. The molecule has 0 aliphatic heterocycles. The average Bonchev–Trinajstić information content (AvgIpc) is 2.43. The molecule has 3 heteroatoms. The highest BCUT2D eigenvalue weighted by Crippen LogP contribution is 2.33. The Labute approximate surface area is 125 Å². The SMILES string of the molecule is Cl.N[C@H]1CCc2cc(F)ccc2[C@H]1Cc1ccccc1. The third-order valence-corrected chi connectivity index (χ3v) is 4.07. The Kier molecular flexibility index (Phi) is 4.79. The van der Waals surface area contributed by atoms with E-state index in [-0.39, 0.29) is 24.3 Å². The van der Waals surface area contributed by atoms with Gasteiger partial charge in [-0.2, -0.15) is 0 Å². The predicted molar refractivity (Wildman–Crippen MR) is 82.8 cm³/mol. The quantitative estimate of drug-likeness (QED) is 0.894. The molecule has 0 unspecified atom stereocenters. The molecule has 1 nitrogen and oxygen atoms in total. The molecule has 0 spiro atoms. The van der Waals surface area contributed by atoms with Crippen molar-refractivity contribution in [2.24, 2.45) is 5.73 Å². The van der Waals surface area contributed by atoms with Crippen molar-refractivity contribution in [1.82, 2.24) is 0 Å². The van der Waals surface area contributed by atoms with Crippen molar-refractivity contribution < 1.29 is 4.39 Å². The number of benzene rings is 2. The van der Waals surface area contributed by atoms with E-state index in [9.17, 15) is 4.39 Å². The monoisotopic (exact) mass is 291 g/mol. The summed E-state index contributed by atoms with van der Waals surface area (Å²) in [5.74, 6) is 0.152. The summed E-state index contributed by atoms with van der Waals surface area (Å²) in [4.78, 5) is 0. The second-order valence-electron chi connectivity index (χ2n) is 5.34. The van der Waals surface area contributed by atoms with Crippen LogP contribution in [0.15, 0.2) is 48.5 Å². The number of hydrogen-bond donors (Lipinski definition) is 1. The Bertz CT molecular complexity index is 570. The lowest BCUT2D eigenvalue weighted by Crippen LogP contribution is -2.34. The molecule has 106 valence electrons. The molecule has 1 aliphatic carbocycles. The first-order valence-electron chi connectivity index (χ1n) is 6.82. The van der Waals surface area contributed by atoms with Gasteiger partial charge in [-0.15, -0.1) is 12.4 Å². The highest BCUT2D eigenvalue weighted by atomic mass is 35.5. The van der Waals surface area contributed by atoms with E-state index in [1.807, 2.05) is 12.1 Å². The van der Waals surface area contributed by atoms with Crippen molar-refractivity contribution in [3.8, 4) is 0 Å². The molecule has 0 saturated carbocycles. The van der Waals surface area contributed by atoms with Gasteiger partial charge in [-0.05, 0) is 48.1 Å². The van der Waals surface area contributed by atoms with Gasteiger partial charge in [0, 0.05) is 12.0 Å². The average molecular weight is 292 g/mol. The van der Waals surface area contributed by atoms with E-state index < -0.39 is 0 Å². The van der Waals surface area contributed by atoms with Crippen LogP contribution >= 0.6 is 12.4 Å². The zero-order valence-electron chi connectivity index (χ0n) is 11.3. The summed E-state index contributed by atoms with van der Waals surface area (Å²) < 4.78 is 13.3. The van der Waals surface area contributed by atoms with E-state index in [4.69, 9.17) is 5.73 Å². The number of rotatable bonds is 2. The maximum absolute atomic E-state index is 13.3. The third-order valence-electron chi connectivity index (χ3n) is 4.07. The van der Waals surface area contributed by atoms with E-state index in [0.717, 1.165) is 24.8 Å². The van der Waals surface area contributed by atoms with Crippen LogP contribution in [0.2, 0.25) is 0 Å². The molecule has 0 fully saturated rings. The summed E-state index contributed by atoms with van der Waals surface area (Å²) in [5.41, 5.74) is 9.93. The van der Waals surface area contributed by atoms with E-state index in [1.165, 1.54) is 11.1 Å². The number of nitrogens with two attached hydrogens (primary N) is 1. The molecule has 0 heterocycles. The Morgan fingerprint density at radius 1 is 1.10 bits per heavy atom. The number of aryl methyl sites for hydroxylation is 1. The Morgan fingerprint density at radius 3 is 2.60 bits per heavy atom. The van der Waals surface area contributed by atoms with Gasteiger partial charge in [-0.1, -0.05) is 36.4 Å². The van der Waals surface area contributed by atoms with Gasteiger partial charge in [0.05, 0.1) is 0 Å². The Morgan fingerprint density at radius 2 is 1.85 bits per heavy atom. The minimum Gasteiger partial charge on any atom is -0.327 e. The molecule has 0 amide bonds. The van der Waals surface area contributed by atoms with Crippen LogP contribution in [0.4, 0.5) is 4.39 Å². The van der Waals surface area contributed by atoms with Crippen LogP contribution < -0.4 is 5.73 Å². The molecular formula is C17H19ClFN. The molecule has 2 aromatic carbocycles. The fourth-order valence-electron chi connectivity index (χ4n) is 3.04. The lowest BCUT2D eigenvalue weighted by atomic mass is 9.76. The van der Waals surface area contributed by atoms with Gasteiger partial charge < -0.3 is 5.73 Å². The molecule has 2 aromatic rings. The van der Waals surface area contributed by atoms with E-state index in [0.29, 0.717) is 5.92 Å². The molecule has 2 atom stereocenters. The lowest BCUT2D eigenvalue weighted by molar-refractivity contribution is 0.465. The van der Waals surface area contributed by atoms with E-state index in [2.05, 4.69) is 24.3 Å². The number of halogens is 2. The van der Waals surface area contributed by atoms with E-state index in [1.54, 1.807) is 12.1 Å². The summed E-state index contributed by atoms with van der Waals surface area (Å²) in [6, 6.07) is 15.7. The van der Waals surface area contributed by atoms with Crippen molar-refractivity contribution in [3.05, 3.63) is 71.0 Å². The van der Waals surface area contributed by atoms with Crippen LogP contribution in [0, 0.1) is 5.82 Å². The van der Waals surface area contributed by atoms with Gasteiger partial charge in [-0.25, -0.2) is 4.39 Å². The molecule has 0 bridgehead atoms. The first-order valence-corrected chi connectivity index (χ1v) is 6.82. The van der Waals surface area contributed by atoms with Gasteiger partial charge in [0.25, 0.3) is 0 Å². The summed E-state index contributed by atoms with van der Waals surface area (Å²) in [5, 5.41) is 0. The Balaban J connectivity index is 0.00000147. The maximum Gasteiger partial charge on any atom is 0.123 e. The van der Waals surface area contributed by atoms with Crippen LogP contribution in [0.1, 0.15) is 29.0 Å². The van der Waals surface area contributed by atoms with Gasteiger partial charge >= 0.3 is 0 Å². The van der Waals surface area contributed by atoms with Crippen molar-refractivity contribution in [2.45, 2.75) is 31.2 Å². The van der Waals surface area contributed by atoms with Crippen molar-refractivity contribution in [2.75, 3.05) is 0 Å². The largest absolute Gasteiger partial charge is 0.327 e. The topological polar surface area (TPSA) is 26.0 Å². The Hall–Kier alpha value is -1.38. The molecule has 3 rings (SSSR count). The number of fused-ring (bicyclic) bond motifs is 1. The highest BCUT2D eigenvalue weighted by molar-refractivity contribution is 5.85. The normalized spacial score (nSPS) is 20.9. The highest BCUT2D eigenvalue weighted by Gasteiger charge is 2.27. The summed E-state index contributed by atoms with van der Waals surface area (Å²) in [6.07, 6.45) is 2.76. The van der Waals surface area contributed by atoms with E-state index >= 15 is 0 Å². The molecule has 2 N–H and O–H groups in total. The molecule has 0 radical (unpaired) electrons. The standard InChI is InChI=1S/C17H18FN.ClH/c18-14-7-8-15-13(11-14)6-9-17(19)16(15)10-12-4-2-1-3-5-12;/h1-5,7-8,11,16-17H,6,9-10,19H2;1H/t16-,17+;/m1./s1. The van der Waals surface area contributed by atoms with Gasteiger partial charge in [0.15, 0.2) is 0 Å². The van der Waals surface area contributed by atoms with Crippen LogP contribution in [0.25, 0.3) is 0 Å². The molecular weight excluding hydrogens is 273 g/mol. The fourth-order valence-corrected chi connectivity index (χ4v) is 3.04. The van der Waals surface area contributed by atoms with Crippen molar-refractivity contribution in [1.29, 1.82) is 0 Å². The smallest absolute Gasteiger partial charge is 0.123 e. The predicted octanol–water partition coefficient (Wildman–Crippen LogP) is 3.85. The second-order valence-corrected chi connectivity index (χ2v) is 5.34. The van der Waals surface area contributed by atoms with Crippen LogP contribution in [0.3, 0.4) is 0 Å². The minimum atomic E-state index is -0.146. The van der Waals surface area contributed by atoms with Crippen LogP contribution in [-0.2, 0) is 12.8 Å². The lowest BCUT2D eigenvalue weighted by Gasteiger charge is -2.31. The third kappa shape index (κ3) is 3.02. The second kappa shape index (κ2) is 6.38. The minimum absolute atomic E-state index is 0. The zero-order valence-corrected chi connectivity index (χ0v) is 12.1. The molecule has 20 heavy (non-hydrogen) atoms. The fraction of sp³-hybridized carbons (Fsp3) is 0.294. The summed E-state index contributed by atoms with van der Waals surface area (Å²) in [7, 11) is 0. The molecule has 1 aliphatic rings. The number of hydrogen-bond acceptors (Lipinski definition) is 1. The van der Waals surface area contributed by atoms with Gasteiger partial charge in [0.2, 0.25) is 0 Å². The zero-order chi connectivity index (χ0) is 13.2. The first-order chi connectivity index (χ1) is 9.24. The molecule has 0 aromatic heterocycles. The van der Waals surface area contributed by atoms with Crippen LogP contribution in [-0.4, -0.2) is 6.04 Å². The maximum atomic E-state index is 13.3.